The lowest BCUT2D eigenvalue weighted by Gasteiger charge is -2.34. The van der Waals surface area contributed by atoms with Crippen molar-refractivity contribution in [1.29, 1.82) is 0 Å². The highest BCUT2D eigenvalue weighted by Crippen LogP contribution is 2.45. The molecule has 6 nitrogen and oxygen atoms in total. The summed E-state index contributed by atoms with van der Waals surface area (Å²) in [4.78, 5) is 6.72. The molecule has 7 heteroatoms. The lowest BCUT2D eigenvalue weighted by atomic mass is 10.3. The first-order valence-corrected chi connectivity index (χ1v) is 8.00. The number of nitrogens with two attached hydrogens (primary N) is 1. The van der Waals surface area contributed by atoms with Gasteiger partial charge in [-0.15, -0.1) is 0 Å². The summed E-state index contributed by atoms with van der Waals surface area (Å²) in [7, 11) is -3.31. The van der Waals surface area contributed by atoms with Crippen LogP contribution in [0.4, 0.5) is 0 Å². The van der Waals surface area contributed by atoms with Crippen LogP contribution >= 0.6 is 7.59 Å². The normalized spacial score (nSPS) is 14.6. The first-order chi connectivity index (χ1) is 9.06. The number of hydrogen-bond acceptors (Lipinski definition) is 3. The maximum Gasteiger partial charge on any atom is 0.313 e. The summed E-state index contributed by atoms with van der Waals surface area (Å²) in [5.74, 6) is 0.536. The summed E-state index contributed by atoms with van der Waals surface area (Å²) in [6.07, 6.45) is 0. The molecule has 0 fully saturated rings. The van der Waals surface area contributed by atoms with E-state index < -0.39 is 7.59 Å². The average Bonchev–Trinajstić information content (AvgIpc) is 2.40. The zero-order valence-electron chi connectivity index (χ0n) is 11.4. The van der Waals surface area contributed by atoms with E-state index >= 15 is 0 Å². The molecule has 0 radical (unpaired) electrons. The summed E-state index contributed by atoms with van der Waals surface area (Å²) < 4.78 is 14.3. The van der Waals surface area contributed by atoms with Crippen molar-refractivity contribution in [3.63, 3.8) is 0 Å². The van der Waals surface area contributed by atoms with E-state index in [1.54, 1.807) is 16.8 Å². The van der Waals surface area contributed by atoms with Crippen LogP contribution in [0.1, 0.15) is 13.8 Å². The lowest BCUT2D eigenvalue weighted by Crippen LogP contribution is -2.39. The van der Waals surface area contributed by atoms with Gasteiger partial charge in [-0.25, -0.2) is 4.67 Å². The van der Waals surface area contributed by atoms with Crippen LogP contribution in [0.2, 0.25) is 0 Å². The average molecular weight is 287 g/mol. The second-order valence-electron chi connectivity index (χ2n) is 3.93. The largest absolute Gasteiger partial charge is 0.397 e. The van der Waals surface area contributed by atoms with Crippen LogP contribution in [0.15, 0.2) is 30.3 Å². The Morgan fingerprint density at radius 2 is 1.84 bits per heavy atom. The molecule has 0 aliphatic carbocycles. The van der Waals surface area contributed by atoms with E-state index in [4.69, 9.17) is 15.4 Å². The maximum absolute atomic E-state index is 12.7. The topological polar surface area (TPSA) is 79.0 Å². The molecule has 0 saturated carbocycles. The van der Waals surface area contributed by atoms with E-state index in [-0.39, 0.29) is 13.2 Å². The van der Waals surface area contributed by atoms with Gasteiger partial charge in [-0.3, -0.25) is 10.1 Å². The van der Waals surface area contributed by atoms with Gasteiger partial charge in [0.2, 0.25) is 0 Å². The third-order valence-corrected chi connectivity index (χ3v) is 5.00. The van der Waals surface area contributed by atoms with Gasteiger partial charge in [0, 0.05) is 13.1 Å². The molecule has 3 N–H and O–H groups in total. The summed E-state index contributed by atoms with van der Waals surface area (Å²) >= 11 is 0. The number of hydroxylamine groups is 1. The summed E-state index contributed by atoms with van der Waals surface area (Å²) in [6.45, 7) is 4.74. The predicted octanol–water partition coefficient (Wildman–Crippen LogP) is 1.68. The van der Waals surface area contributed by atoms with Crippen LogP contribution in [0.3, 0.4) is 0 Å². The van der Waals surface area contributed by atoms with E-state index in [9.17, 15) is 4.57 Å². The van der Waals surface area contributed by atoms with E-state index in [1.165, 1.54) is 4.83 Å². The van der Waals surface area contributed by atoms with Gasteiger partial charge < -0.3 is 9.94 Å². The fourth-order valence-electron chi connectivity index (χ4n) is 1.71. The van der Waals surface area contributed by atoms with E-state index in [2.05, 4.69) is 0 Å². The standard InChI is InChI=1S/C12H22N3O3P/c1-3-14(4-2)19(13,17)15(10-11-16)18-12-8-6-5-7-9-12/h5-9,16H,3-4,10-11H2,1-2H3,(H2,13,17). The SMILES string of the molecule is CCN(CC)P(N)(=O)N(CCO)Oc1ccccc1. The highest BCUT2D eigenvalue weighted by atomic mass is 31.2. The van der Waals surface area contributed by atoms with Crippen molar-refractivity contribution >= 4 is 7.59 Å². The molecule has 19 heavy (non-hydrogen) atoms. The minimum Gasteiger partial charge on any atom is -0.397 e. The van der Waals surface area contributed by atoms with Gasteiger partial charge in [0.15, 0.2) is 0 Å². The Hall–Kier alpha value is -0.910. The smallest absolute Gasteiger partial charge is 0.313 e. The Morgan fingerprint density at radius 3 is 2.32 bits per heavy atom. The summed E-state index contributed by atoms with van der Waals surface area (Å²) in [5, 5.41) is 9.09. The van der Waals surface area contributed by atoms with Gasteiger partial charge in [0.05, 0.1) is 13.2 Å². The highest BCUT2D eigenvalue weighted by Gasteiger charge is 2.33. The minimum absolute atomic E-state index is 0.0825. The molecule has 0 aliphatic rings. The van der Waals surface area contributed by atoms with E-state index in [0.29, 0.717) is 18.8 Å². The Bertz CT molecular complexity index is 412. The van der Waals surface area contributed by atoms with Crippen LogP contribution in [0.5, 0.6) is 5.75 Å². The summed E-state index contributed by atoms with van der Waals surface area (Å²) in [5.41, 5.74) is 5.93. The van der Waals surface area contributed by atoms with E-state index in [1.807, 2.05) is 32.0 Å². The zero-order chi connectivity index (χ0) is 14.3. The van der Waals surface area contributed by atoms with Crippen LogP contribution in [-0.2, 0) is 4.57 Å². The number of para-hydroxylation sites is 1. The molecule has 0 bridgehead atoms. The van der Waals surface area contributed by atoms with Gasteiger partial charge in [-0.2, -0.15) is 0 Å². The van der Waals surface area contributed by atoms with Crippen molar-refractivity contribution in [2.75, 3.05) is 26.2 Å². The molecule has 0 amide bonds. The molecular formula is C12H22N3O3P. The van der Waals surface area contributed by atoms with E-state index in [0.717, 1.165) is 0 Å². The molecule has 1 aromatic carbocycles. The van der Waals surface area contributed by atoms with Crippen molar-refractivity contribution in [2.24, 2.45) is 5.50 Å². The van der Waals surface area contributed by atoms with Crippen molar-refractivity contribution in [1.82, 2.24) is 9.50 Å². The first kappa shape index (κ1) is 16.1. The third kappa shape index (κ3) is 4.30. The number of benzene rings is 1. The van der Waals surface area contributed by atoms with Crippen LogP contribution in [0, 0.1) is 0 Å². The molecule has 108 valence electrons. The Morgan fingerprint density at radius 1 is 1.26 bits per heavy atom. The van der Waals surface area contributed by atoms with Gasteiger partial charge in [0.1, 0.15) is 5.75 Å². The number of aliphatic hydroxyl groups excluding tert-OH is 1. The quantitative estimate of drug-likeness (QED) is 0.559. The monoisotopic (exact) mass is 287 g/mol. The lowest BCUT2D eigenvalue weighted by molar-refractivity contribution is 0.0104. The van der Waals surface area contributed by atoms with Gasteiger partial charge in [-0.05, 0) is 12.1 Å². The molecule has 0 aliphatic heterocycles. The molecule has 0 heterocycles. The van der Waals surface area contributed by atoms with Crippen LogP contribution in [0.25, 0.3) is 0 Å². The number of nitrogens with zero attached hydrogens (tertiary/aromatic N) is 2. The van der Waals surface area contributed by atoms with Gasteiger partial charge in [0.25, 0.3) is 0 Å². The number of hydrogen-bond donors (Lipinski definition) is 2. The van der Waals surface area contributed by atoms with Crippen molar-refractivity contribution in [3.8, 4) is 5.75 Å². The highest BCUT2D eigenvalue weighted by molar-refractivity contribution is 7.56. The third-order valence-electron chi connectivity index (χ3n) is 2.70. The maximum atomic E-state index is 12.7. The Kier molecular flexibility index (Phi) is 6.48. The first-order valence-electron chi connectivity index (χ1n) is 6.32. The molecule has 0 aromatic heterocycles. The number of aliphatic hydroxyl groups is 1. The minimum atomic E-state index is -3.31. The summed E-state index contributed by atoms with van der Waals surface area (Å²) in [6, 6.07) is 8.96. The fourth-order valence-corrected chi connectivity index (χ4v) is 3.39. The zero-order valence-corrected chi connectivity index (χ0v) is 12.3. The predicted molar refractivity (Wildman–Crippen MR) is 75.6 cm³/mol. The molecule has 1 atom stereocenters. The second-order valence-corrected chi connectivity index (χ2v) is 6.12. The van der Waals surface area contributed by atoms with Crippen LogP contribution < -0.4 is 10.3 Å². The molecule has 0 saturated heterocycles. The molecular weight excluding hydrogens is 265 g/mol. The molecule has 1 unspecified atom stereocenters. The molecule has 1 aromatic rings. The van der Waals surface area contributed by atoms with Crippen LogP contribution in [-0.4, -0.2) is 40.9 Å². The van der Waals surface area contributed by atoms with Gasteiger partial charge in [-0.1, -0.05) is 36.9 Å². The fraction of sp³-hybridized carbons (Fsp3) is 0.500. The molecule has 0 spiro atoms. The Labute approximate surface area is 114 Å². The van der Waals surface area contributed by atoms with Gasteiger partial charge >= 0.3 is 7.59 Å². The van der Waals surface area contributed by atoms with Crippen molar-refractivity contribution < 1.29 is 14.5 Å². The van der Waals surface area contributed by atoms with Crippen molar-refractivity contribution in [2.45, 2.75) is 13.8 Å². The Balaban J connectivity index is 2.90. The second kappa shape index (κ2) is 7.62. The molecule has 1 rings (SSSR count). The van der Waals surface area contributed by atoms with Crippen molar-refractivity contribution in [3.05, 3.63) is 30.3 Å². The number of rotatable bonds is 8.